The average Bonchev–Trinajstić information content (AvgIpc) is 3.07. The van der Waals surface area contributed by atoms with E-state index in [9.17, 15) is 9.18 Å². The molecule has 0 bridgehead atoms. The molecule has 0 radical (unpaired) electrons. The van der Waals surface area contributed by atoms with Crippen molar-refractivity contribution in [3.8, 4) is 0 Å². The van der Waals surface area contributed by atoms with Crippen LogP contribution < -0.4 is 20.9 Å². The Morgan fingerprint density at radius 2 is 2.00 bits per heavy atom. The van der Waals surface area contributed by atoms with Crippen molar-refractivity contribution in [3.05, 3.63) is 65.0 Å². The predicted molar refractivity (Wildman–Crippen MR) is 118 cm³/mol. The van der Waals surface area contributed by atoms with Crippen molar-refractivity contribution in [2.75, 3.05) is 29.2 Å². The number of carbonyl (C=O) groups is 1. The lowest BCUT2D eigenvalue weighted by Gasteiger charge is -2.24. The van der Waals surface area contributed by atoms with Gasteiger partial charge in [-0.2, -0.15) is 15.0 Å². The Hall–Kier alpha value is -3.75. The molecule has 0 aliphatic carbocycles. The van der Waals surface area contributed by atoms with Crippen LogP contribution in [0.25, 0.3) is 0 Å². The minimum atomic E-state index is -0.451. The lowest BCUT2D eigenvalue weighted by Crippen LogP contribution is -2.27. The number of fused-ring (bicyclic) bond motifs is 1. The van der Waals surface area contributed by atoms with Crippen molar-refractivity contribution in [2.45, 2.75) is 25.9 Å². The number of rotatable bonds is 6. The molecule has 1 aliphatic rings. The summed E-state index contributed by atoms with van der Waals surface area (Å²) in [6.45, 7) is 2.41. The van der Waals surface area contributed by atoms with Crippen LogP contribution in [-0.2, 0) is 13.0 Å². The summed E-state index contributed by atoms with van der Waals surface area (Å²) < 4.78 is 13.5. The van der Waals surface area contributed by atoms with Gasteiger partial charge in [0.05, 0.1) is 0 Å². The van der Waals surface area contributed by atoms with Crippen LogP contribution in [-0.4, -0.2) is 41.0 Å². The second-order valence-electron chi connectivity index (χ2n) is 7.73. The number of nitrogens with one attached hydrogen (secondary N) is 1. The number of nitrogens with zero attached hydrogens (tertiary/aromatic N) is 5. The number of hydrogen-bond donors (Lipinski definition) is 2. The normalized spacial score (nSPS) is 15.0. The molecule has 0 fully saturated rings. The molecule has 160 valence electrons. The summed E-state index contributed by atoms with van der Waals surface area (Å²) >= 11 is 0. The van der Waals surface area contributed by atoms with Crippen molar-refractivity contribution in [3.63, 3.8) is 0 Å². The SMILES string of the molecule is CC1Cc2c(C(N)=O)cccc2N1c1nc(NCc2cccc(F)c2)nc(N(C)C)n1. The third-order valence-electron chi connectivity index (χ3n) is 5.18. The van der Waals surface area contributed by atoms with Gasteiger partial charge in [0.15, 0.2) is 0 Å². The van der Waals surface area contributed by atoms with E-state index in [1.54, 1.807) is 23.1 Å². The topological polar surface area (TPSA) is 100 Å². The lowest BCUT2D eigenvalue weighted by atomic mass is 10.0. The van der Waals surface area contributed by atoms with E-state index >= 15 is 0 Å². The number of amides is 1. The molecule has 1 unspecified atom stereocenters. The molecule has 1 atom stereocenters. The van der Waals surface area contributed by atoms with E-state index in [0.717, 1.165) is 16.8 Å². The number of benzene rings is 2. The third kappa shape index (κ3) is 4.11. The molecule has 1 aromatic heterocycles. The van der Waals surface area contributed by atoms with E-state index in [2.05, 4.69) is 20.3 Å². The fourth-order valence-corrected chi connectivity index (χ4v) is 3.74. The highest BCUT2D eigenvalue weighted by Crippen LogP contribution is 2.38. The number of anilines is 4. The number of primary amides is 1. The van der Waals surface area contributed by atoms with Gasteiger partial charge in [-0.05, 0) is 48.7 Å². The molecule has 1 aliphatic heterocycles. The summed E-state index contributed by atoms with van der Waals surface area (Å²) in [5, 5.41) is 3.16. The van der Waals surface area contributed by atoms with E-state index in [0.29, 0.717) is 36.4 Å². The maximum absolute atomic E-state index is 13.5. The van der Waals surface area contributed by atoms with Gasteiger partial charge < -0.3 is 20.9 Å². The van der Waals surface area contributed by atoms with Gasteiger partial charge in [0.1, 0.15) is 5.82 Å². The number of carbonyl (C=O) groups excluding carboxylic acids is 1. The minimum Gasteiger partial charge on any atom is -0.366 e. The third-order valence-corrected chi connectivity index (χ3v) is 5.18. The highest BCUT2D eigenvalue weighted by molar-refractivity contribution is 5.97. The molecular formula is C22H24FN7O. The van der Waals surface area contributed by atoms with Crippen LogP contribution in [0.5, 0.6) is 0 Å². The van der Waals surface area contributed by atoms with Crippen molar-refractivity contribution in [1.29, 1.82) is 0 Å². The summed E-state index contributed by atoms with van der Waals surface area (Å²) in [6.07, 6.45) is 0.656. The fraction of sp³-hybridized carbons (Fsp3) is 0.273. The predicted octanol–water partition coefficient (Wildman–Crippen LogP) is 2.87. The Morgan fingerprint density at radius 3 is 2.71 bits per heavy atom. The number of hydrogen-bond acceptors (Lipinski definition) is 7. The number of nitrogens with two attached hydrogens (primary N) is 1. The Morgan fingerprint density at radius 1 is 1.23 bits per heavy atom. The highest BCUT2D eigenvalue weighted by Gasteiger charge is 2.32. The highest BCUT2D eigenvalue weighted by atomic mass is 19.1. The van der Waals surface area contributed by atoms with Gasteiger partial charge in [-0.1, -0.05) is 18.2 Å². The van der Waals surface area contributed by atoms with Crippen molar-refractivity contribution >= 4 is 29.4 Å². The van der Waals surface area contributed by atoms with Gasteiger partial charge in [0.2, 0.25) is 23.8 Å². The first-order valence-corrected chi connectivity index (χ1v) is 9.96. The van der Waals surface area contributed by atoms with E-state index < -0.39 is 5.91 Å². The summed E-state index contributed by atoms with van der Waals surface area (Å²) in [5.74, 6) is 0.585. The summed E-state index contributed by atoms with van der Waals surface area (Å²) in [5.41, 5.74) is 8.61. The van der Waals surface area contributed by atoms with Crippen molar-refractivity contribution in [2.24, 2.45) is 5.73 Å². The Balaban J connectivity index is 1.70. The molecule has 0 saturated carbocycles. The summed E-state index contributed by atoms with van der Waals surface area (Å²) in [4.78, 5) is 29.4. The first-order chi connectivity index (χ1) is 14.8. The molecule has 1 amide bonds. The quantitative estimate of drug-likeness (QED) is 0.631. The standard InChI is InChI=1S/C22H24FN7O/c1-13-10-17-16(19(24)31)8-5-9-18(17)30(13)22-27-20(26-21(28-22)29(2)3)25-12-14-6-4-7-15(23)11-14/h4-9,11,13H,10,12H2,1-3H3,(H2,24,31)(H,25,26,27,28). The van der Waals surface area contributed by atoms with Crippen LogP contribution in [0.4, 0.5) is 27.9 Å². The molecule has 4 rings (SSSR count). The average molecular weight is 421 g/mol. The monoisotopic (exact) mass is 421 g/mol. The van der Waals surface area contributed by atoms with Gasteiger partial charge in [-0.15, -0.1) is 0 Å². The molecule has 0 spiro atoms. The molecular weight excluding hydrogens is 397 g/mol. The zero-order chi connectivity index (χ0) is 22.1. The van der Waals surface area contributed by atoms with Crippen LogP contribution in [0, 0.1) is 5.82 Å². The zero-order valence-electron chi connectivity index (χ0n) is 17.6. The lowest BCUT2D eigenvalue weighted by molar-refractivity contribution is 0.0999. The molecule has 8 nitrogen and oxygen atoms in total. The molecule has 3 N–H and O–H groups in total. The van der Waals surface area contributed by atoms with Gasteiger partial charge in [0, 0.05) is 37.9 Å². The van der Waals surface area contributed by atoms with E-state index in [4.69, 9.17) is 5.73 Å². The van der Waals surface area contributed by atoms with Crippen LogP contribution in [0.3, 0.4) is 0 Å². The summed E-state index contributed by atoms with van der Waals surface area (Å²) in [7, 11) is 3.70. The van der Waals surface area contributed by atoms with Crippen LogP contribution >= 0.6 is 0 Å². The van der Waals surface area contributed by atoms with Crippen LogP contribution in [0.1, 0.15) is 28.4 Å². The zero-order valence-corrected chi connectivity index (χ0v) is 17.6. The van der Waals surface area contributed by atoms with Gasteiger partial charge in [-0.25, -0.2) is 4.39 Å². The van der Waals surface area contributed by atoms with E-state index in [1.807, 2.05) is 38.1 Å². The van der Waals surface area contributed by atoms with Crippen molar-refractivity contribution < 1.29 is 9.18 Å². The molecule has 2 aromatic carbocycles. The molecule has 9 heteroatoms. The first kappa shape index (κ1) is 20.5. The van der Waals surface area contributed by atoms with Crippen LogP contribution in [0.15, 0.2) is 42.5 Å². The Kier molecular flexibility index (Phi) is 5.41. The number of aromatic nitrogens is 3. The number of halogens is 1. The van der Waals surface area contributed by atoms with Crippen molar-refractivity contribution in [1.82, 2.24) is 15.0 Å². The molecule has 3 aromatic rings. The minimum absolute atomic E-state index is 0.0315. The van der Waals surface area contributed by atoms with E-state index in [1.165, 1.54) is 12.1 Å². The molecule has 0 saturated heterocycles. The summed E-state index contributed by atoms with van der Waals surface area (Å²) in [6, 6.07) is 11.9. The van der Waals surface area contributed by atoms with Gasteiger partial charge in [0.25, 0.3) is 0 Å². The fourth-order valence-electron chi connectivity index (χ4n) is 3.74. The second kappa shape index (κ2) is 8.17. The Labute approximate surface area is 179 Å². The van der Waals surface area contributed by atoms with Crippen LogP contribution in [0.2, 0.25) is 0 Å². The smallest absolute Gasteiger partial charge is 0.249 e. The second-order valence-corrected chi connectivity index (χ2v) is 7.73. The largest absolute Gasteiger partial charge is 0.366 e. The van der Waals surface area contributed by atoms with Gasteiger partial charge >= 0.3 is 0 Å². The van der Waals surface area contributed by atoms with E-state index in [-0.39, 0.29) is 11.9 Å². The maximum atomic E-state index is 13.5. The van der Waals surface area contributed by atoms with Gasteiger partial charge in [-0.3, -0.25) is 4.79 Å². The first-order valence-electron chi connectivity index (χ1n) is 9.96. The Bertz CT molecular complexity index is 1130. The molecule has 2 heterocycles. The maximum Gasteiger partial charge on any atom is 0.249 e. The molecule has 31 heavy (non-hydrogen) atoms.